The van der Waals surface area contributed by atoms with Crippen LogP contribution >= 0.6 is 23.8 Å². The Morgan fingerprint density at radius 2 is 1.96 bits per heavy atom. The Hall–Kier alpha value is -3.16. The van der Waals surface area contributed by atoms with Crippen molar-refractivity contribution in [2.45, 2.75) is 6.42 Å². The minimum Gasteiger partial charge on any atom is -0.459 e. The average molecular weight is 412 g/mol. The number of rotatable bonds is 4. The summed E-state index contributed by atoms with van der Waals surface area (Å²) in [7, 11) is 0. The highest BCUT2D eigenvalue weighted by Gasteiger charge is 2.11. The van der Waals surface area contributed by atoms with Crippen LogP contribution in [0.15, 0.2) is 69.7 Å². The lowest BCUT2D eigenvalue weighted by molar-refractivity contribution is 0.0950. The molecule has 2 aromatic carbocycles. The lowest BCUT2D eigenvalue weighted by Gasteiger charge is -2.09. The highest BCUT2D eigenvalue weighted by Crippen LogP contribution is 2.22. The molecule has 0 fully saturated rings. The summed E-state index contributed by atoms with van der Waals surface area (Å²) < 4.78 is 10.8. The van der Waals surface area contributed by atoms with E-state index in [4.69, 9.17) is 32.7 Å². The van der Waals surface area contributed by atoms with E-state index in [9.17, 15) is 4.79 Å². The van der Waals surface area contributed by atoms with Gasteiger partial charge in [0.15, 0.2) is 22.3 Å². The number of hydrogen-bond acceptors (Lipinski definition) is 5. The number of halogens is 1. The fraction of sp³-hybridized carbons (Fsp3) is 0.0500. The van der Waals surface area contributed by atoms with Gasteiger partial charge in [0, 0.05) is 17.1 Å². The van der Waals surface area contributed by atoms with Crippen LogP contribution in [-0.2, 0) is 6.42 Å². The van der Waals surface area contributed by atoms with Crippen molar-refractivity contribution in [3.8, 4) is 0 Å². The van der Waals surface area contributed by atoms with Gasteiger partial charge in [0.25, 0.3) is 5.91 Å². The summed E-state index contributed by atoms with van der Waals surface area (Å²) in [6.07, 6.45) is 1.97. The van der Waals surface area contributed by atoms with E-state index in [1.807, 2.05) is 24.3 Å². The minimum absolute atomic E-state index is 0.185. The van der Waals surface area contributed by atoms with Crippen LogP contribution in [0.3, 0.4) is 0 Å². The van der Waals surface area contributed by atoms with Crippen molar-refractivity contribution in [2.75, 3.05) is 5.32 Å². The van der Waals surface area contributed by atoms with E-state index in [1.165, 1.54) is 6.26 Å². The van der Waals surface area contributed by atoms with E-state index in [2.05, 4.69) is 15.6 Å². The molecule has 2 N–H and O–H groups in total. The molecule has 0 aliphatic rings. The number of thiocarbonyl (C=S) groups is 1. The van der Waals surface area contributed by atoms with Gasteiger partial charge in [-0.2, -0.15) is 0 Å². The van der Waals surface area contributed by atoms with Gasteiger partial charge in [-0.05, 0) is 60.2 Å². The molecule has 28 heavy (non-hydrogen) atoms. The monoisotopic (exact) mass is 411 g/mol. The maximum atomic E-state index is 11.9. The molecule has 0 radical (unpaired) electrons. The highest BCUT2D eigenvalue weighted by molar-refractivity contribution is 7.80. The van der Waals surface area contributed by atoms with E-state index in [1.54, 1.807) is 30.3 Å². The van der Waals surface area contributed by atoms with Crippen LogP contribution in [0.2, 0.25) is 5.02 Å². The second kappa shape index (κ2) is 7.84. The van der Waals surface area contributed by atoms with Gasteiger partial charge in [0.1, 0.15) is 5.52 Å². The minimum atomic E-state index is -0.407. The molecular weight excluding hydrogens is 398 g/mol. The third-order valence-corrected chi connectivity index (χ3v) is 4.37. The van der Waals surface area contributed by atoms with Gasteiger partial charge in [-0.25, -0.2) is 4.98 Å². The second-order valence-corrected chi connectivity index (χ2v) is 6.82. The highest BCUT2D eigenvalue weighted by atomic mass is 35.5. The quantitative estimate of drug-likeness (QED) is 0.470. The summed E-state index contributed by atoms with van der Waals surface area (Å²) >= 11 is 11.1. The van der Waals surface area contributed by atoms with Gasteiger partial charge >= 0.3 is 0 Å². The fourth-order valence-electron chi connectivity index (χ4n) is 2.64. The second-order valence-electron chi connectivity index (χ2n) is 5.98. The number of amides is 1. The van der Waals surface area contributed by atoms with Crippen molar-refractivity contribution in [3.63, 3.8) is 0 Å². The number of hydrogen-bond donors (Lipinski definition) is 2. The summed E-state index contributed by atoms with van der Waals surface area (Å²) in [5.74, 6) is 0.397. The Kier molecular flexibility index (Phi) is 5.10. The molecule has 0 aliphatic heterocycles. The van der Waals surface area contributed by atoms with Crippen LogP contribution < -0.4 is 10.6 Å². The Morgan fingerprint density at radius 3 is 2.71 bits per heavy atom. The smallest absolute Gasteiger partial charge is 0.293 e. The first kappa shape index (κ1) is 18.2. The van der Waals surface area contributed by atoms with E-state index >= 15 is 0 Å². The van der Waals surface area contributed by atoms with Crippen molar-refractivity contribution in [3.05, 3.63) is 83.1 Å². The molecular formula is C20H14ClN3O3S. The van der Waals surface area contributed by atoms with E-state index in [-0.39, 0.29) is 10.9 Å². The number of carbonyl (C=O) groups is 1. The Labute approximate surface area is 170 Å². The largest absolute Gasteiger partial charge is 0.459 e. The molecule has 2 heterocycles. The zero-order valence-corrected chi connectivity index (χ0v) is 16.0. The van der Waals surface area contributed by atoms with Crippen molar-refractivity contribution >= 4 is 51.6 Å². The fourth-order valence-corrected chi connectivity index (χ4v) is 3.02. The Bertz CT molecular complexity index is 1140. The van der Waals surface area contributed by atoms with Crippen molar-refractivity contribution in [1.29, 1.82) is 0 Å². The molecule has 0 aliphatic carbocycles. The summed E-state index contributed by atoms with van der Waals surface area (Å²) in [6.45, 7) is 0. The lowest BCUT2D eigenvalue weighted by Crippen LogP contribution is -2.33. The molecule has 4 aromatic rings. The molecule has 0 bridgehead atoms. The van der Waals surface area contributed by atoms with Crippen LogP contribution in [0, 0.1) is 0 Å². The van der Waals surface area contributed by atoms with E-state index < -0.39 is 5.91 Å². The maximum Gasteiger partial charge on any atom is 0.293 e. The number of carbonyl (C=O) groups excluding carboxylic acids is 1. The summed E-state index contributed by atoms with van der Waals surface area (Å²) in [4.78, 5) is 16.4. The van der Waals surface area contributed by atoms with Crippen LogP contribution in [0.1, 0.15) is 22.0 Å². The zero-order valence-electron chi connectivity index (χ0n) is 14.4. The number of fused-ring (bicyclic) bond motifs is 1. The topological polar surface area (TPSA) is 80.3 Å². The van der Waals surface area contributed by atoms with E-state index in [0.29, 0.717) is 22.9 Å². The number of aromatic nitrogens is 1. The third kappa shape index (κ3) is 4.21. The summed E-state index contributed by atoms with van der Waals surface area (Å²) in [5, 5.41) is 6.32. The van der Waals surface area contributed by atoms with Crippen LogP contribution in [0.25, 0.3) is 11.1 Å². The molecule has 4 rings (SSSR count). The molecule has 0 saturated heterocycles. The summed E-state index contributed by atoms with van der Waals surface area (Å²) in [6, 6.07) is 16.1. The third-order valence-electron chi connectivity index (χ3n) is 3.93. The SMILES string of the molecule is O=C(NC(=S)Nc1ccc(Cc2nc3cc(Cl)ccc3o2)cc1)c1ccco1. The summed E-state index contributed by atoms with van der Waals surface area (Å²) in [5.41, 5.74) is 3.21. The number of furan rings is 1. The number of benzene rings is 2. The number of nitrogens with one attached hydrogen (secondary N) is 2. The molecule has 0 saturated carbocycles. The van der Waals surface area contributed by atoms with Gasteiger partial charge in [0.05, 0.1) is 6.26 Å². The first-order chi connectivity index (χ1) is 13.6. The maximum absolute atomic E-state index is 11.9. The lowest BCUT2D eigenvalue weighted by atomic mass is 10.1. The number of nitrogens with zero attached hydrogens (tertiary/aromatic N) is 1. The number of oxazole rings is 1. The molecule has 6 nitrogen and oxygen atoms in total. The van der Waals surface area contributed by atoms with Crippen LogP contribution in [0.4, 0.5) is 5.69 Å². The Morgan fingerprint density at radius 1 is 1.14 bits per heavy atom. The first-order valence-corrected chi connectivity index (χ1v) is 9.15. The van der Waals surface area contributed by atoms with Gasteiger partial charge in [-0.1, -0.05) is 23.7 Å². The molecule has 0 spiro atoms. The number of anilines is 1. The molecule has 0 unspecified atom stereocenters. The van der Waals surface area contributed by atoms with Crippen molar-refractivity contribution in [1.82, 2.24) is 10.3 Å². The van der Waals surface area contributed by atoms with Crippen molar-refractivity contribution in [2.24, 2.45) is 0 Å². The van der Waals surface area contributed by atoms with Gasteiger partial charge in [0.2, 0.25) is 0 Å². The normalized spacial score (nSPS) is 10.8. The molecule has 8 heteroatoms. The molecule has 2 aromatic heterocycles. The van der Waals surface area contributed by atoms with Gasteiger partial charge < -0.3 is 14.2 Å². The van der Waals surface area contributed by atoms with Crippen molar-refractivity contribution < 1.29 is 13.6 Å². The van der Waals surface area contributed by atoms with Crippen LogP contribution in [-0.4, -0.2) is 16.0 Å². The van der Waals surface area contributed by atoms with Gasteiger partial charge in [-0.3, -0.25) is 10.1 Å². The first-order valence-electron chi connectivity index (χ1n) is 8.36. The zero-order chi connectivity index (χ0) is 19.5. The molecule has 0 atom stereocenters. The molecule has 140 valence electrons. The Balaban J connectivity index is 1.37. The average Bonchev–Trinajstić information content (AvgIpc) is 3.32. The predicted octanol–water partition coefficient (Wildman–Crippen LogP) is 4.79. The predicted molar refractivity (Wildman–Crippen MR) is 111 cm³/mol. The van der Waals surface area contributed by atoms with Crippen LogP contribution in [0.5, 0.6) is 0 Å². The van der Waals surface area contributed by atoms with Gasteiger partial charge in [-0.15, -0.1) is 0 Å². The molecule has 1 amide bonds. The standard InChI is InChI=1S/C20H14ClN3O3S/c21-13-5-8-16-15(11-13)23-18(27-16)10-12-3-6-14(7-4-12)22-20(28)24-19(25)17-2-1-9-26-17/h1-9,11H,10H2,(H2,22,24,25,28). The van der Waals surface area contributed by atoms with E-state index in [0.717, 1.165) is 16.8 Å².